The highest BCUT2D eigenvalue weighted by molar-refractivity contribution is 5.95. The van der Waals surface area contributed by atoms with Crippen LogP contribution in [0.25, 0.3) is 0 Å². The Bertz CT molecular complexity index is 767. The molecule has 6 nitrogen and oxygen atoms in total. The lowest BCUT2D eigenvalue weighted by Gasteiger charge is -2.39. The fourth-order valence-electron chi connectivity index (χ4n) is 4.27. The number of likely N-dealkylation sites (tertiary alicyclic amines) is 2. The first-order valence-electron chi connectivity index (χ1n) is 9.24. The van der Waals surface area contributed by atoms with Crippen molar-refractivity contribution in [2.45, 2.75) is 32.1 Å². The Labute approximate surface area is 147 Å². The Morgan fingerprint density at radius 1 is 1.20 bits per heavy atom. The summed E-state index contributed by atoms with van der Waals surface area (Å²) in [5, 5.41) is 0. The predicted molar refractivity (Wildman–Crippen MR) is 93.2 cm³/mol. The average molecular weight is 343 g/mol. The zero-order valence-electron chi connectivity index (χ0n) is 14.7. The van der Waals surface area contributed by atoms with Crippen molar-refractivity contribution in [3.8, 4) is 0 Å². The van der Waals surface area contributed by atoms with Gasteiger partial charge in [0.2, 0.25) is 11.5 Å². The molecule has 2 aliphatic heterocycles. The van der Waals surface area contributed by atoms with Gasteiger partial charge in [-0.2, -0.15) is 0 Å². The van der Waals surface area contributed by atoms with Crippen molar-refractivity contribution in [2.75, 3.05) is 26.2 Å². The molecule has 3 heterocycles. The molecule has 2 amide bonds. The van der Waals surface area contributed by atoms with Gasteiger partial charge >= 0.3 is 0 Å². The Hall–Kier alpha value is -2.11. The van der Waals surface area contributed by atoms with Gasteiger partial charge in [0.25, 0.3) is 5.91 Å². The van der Waals surface area contributed by atoms with Crippen LogP contribution < -0.4 is 5.56 Å². The first-order valence-corrected chi connectivity index (χ1v) is 9.24. The van der Waals surface area contributed by atoms with Crippen molar-refractivity contribution in [3.63, 3.8) is 0 Å². The molecule has 1 aliphatic carbocycles. The number of hydrogen-bond acceptors (Lipinski definition) is 3. The highest BCUT2D eigenvalue weighted by atomic mass is 16.2. The fourth-order valence-corrected chi connectivity index (χ4v) is 4.27. The number of aryl methyl sites for hydroxylation is 1. The minimum Gasteiger partial charge on any atom is -0.342 e. The van der Waals surface area contributed by atoms with Gasteiger partial charge in [0.1, 0.15) is 0 Å². The van der Waals surface area contributed by atoms with Gasteiger partial charge in [-0.15, -0.1) is 0 Å². The lowest BCUT2D eigenvalue weighted by atomic mass is 9.78. The van der Waals surface area contributed by atoms with Crippen LogP contribution in [-0.4, -0.2) is 52.4 Å². The van der Waals surface area contributed by atoms with Crippen LogP contribution in [0.4, 0.5) is 0 Å². The van der Waals surface area contributed by atoms with E-state index in [-0.39, 0.29) is 22.8 Å². The third kappa shape index (κ3) is 2.98. The SMILES string of the molecule is Cn1cc(C(=O)N2CC[C@@]3(CCCN(CC4CC4)C3=O)C2)ccc1=O. The summed E-state index contributed by atoms with van der Waals surface area (Å²) in [4.78, 5) is 41.2. The maximum atomic E-state index is 13.1. The molecule has 1 aromatic heterocycles. The van der Waals surface area contributed by atoms with Crippen LogP contribution in [0.1, 0.15) is 42.5 Å². The van der Waals surface area contributed by atoms with E-state index in [4.69, 9.17) is 0 Å². The molecule has 0 bridgehead atoms. The van der Waals surface area contributed by atoms with E-state index in [2.05, 4.69) is 0 Å². The topological polar surface area (TPSA) is 62.6 Å². The van der Waals surface area contributed by atoms with E-state index >= 15 is 0 Å². The summed E-state index contributed by atoms with van der Waals surface area (Å²) < 4.78 is 1.42. The summed E-state index contributed by atoms with van der Waals surface area (Å²) in [6.45, 7) is 2.89. The molecule has 4 rings (SSSR count). The Morgan fingerprint density at radius 3 is 2.72 bits per heavy atom. The van der Waals surface area contributed by atoms with Crippen LogP contribution in [0.15, 0.2) is 23.1 Å². The molecule has 1 saturated carbocycles. The largest absolute Gasteiger partial charge is 0.342 e. The molecule has 0 aromatic carbocycles. The number of rotatable bonds is 3. The first kappa shape index (κ1) is 16.4. The third-order valence-corrected chi connectivity index (χ3v) is 5.97. The van der Waals surface area contributed by atoms with Gasteiger partial charge in [-0.05, 0) is 44.1 Å². The molecule has 0 N–H and O–H groups in total. The predicted octanol–water partition coefficient (Wildman–Crippen LogP) is 1.25. The standard InChI is InChI=1S/C19H25N3O3/c1-20-12-15(5-6-16(20)23)17(24)22-10-8-19(13-22)7-2-9-21(18(19)25)11-14-3-4-14/h5-6,12,14H,2-4,7-11,13H2,1H3/t19-/m0/s1. The number of nitrogens with zero attached hydrogens (tertiary/aromatic N) is 3. The summed E-state index contributed by atoms with van der Waals surface area (Å²) in [6, 6.07) is 3.00. The minimum atomic E-state index is -0.385. The molecule has 134 valence electrons. The molecule has 2 saturated heterocycles. The molecule has 3 fully saturated rings. The van der Waals surface area contributed by atoms with Crippen molar-refractivity contribution in [1.82, 2.24) is 14.4 Å². The van der Waals surface area contributed by atoms with Crippen molar-refractivity contribution >= 4 is 11.8 Å². The zero-order chi connectivity index (χ0) is 17.6. The smallest absolute Gasteiger partial charge is 0.255 e. The quantitative estimate of drug-likeness (QED) is 0.830. The van der Waals surface area contributed by atoms with Gasteiger partial charge in [0, 0.05) is 45.5 Å². The molecular formula is C19H25N3O3. The molecule has 0 unspecified atom stereocenters. The van der Waals surface area contributed by atoms with E-state index < -0.39 is 0 Å². The summed E-state index contributed by atoms with van der Waals surface area (Å²) in [6.07, 6.45) is 6.73. The molecule has 6 heteroatoms. The lowest BCUT2D eigenvalue weighted by Crippen LogP contribution is -2.51. The van der Waals surface area contributed by atoms with Crippen LogP contribution in [0, 0.1) is 11.3 Å². The number of aromatic nitrogens is 1. The monoisotopic (exact) mass is 343 g/mol. The van der Waals surface area contributed by atoms with Gasteiger partial charge in [-0.3, -0.25) is 14.4 Å². The second-order valence-corrected chi connectivity index (χ2v) is 7.92. The van der Waals surface area contributed by atoms with Crippen LogP contribution in [0.2, 0.25) is 0 Å². The highest BCUT2D eigenvalue weighted by Crippen LogP contribution is 2.42. The van der Waals surface area contributed by atoms with Crippen LogP contribution in [0.3, 0.4) is 0 Å². The van der Waals surface area contributed by atoms with Gasteiger partial charge in [-0.1, -0.05) is 0 Å². The van der Waals surface area contributed by atoms with Gasteiger partial charge in [-0.25, -0.2) is 0 Å². The Morgan fingerprint density at radius 2 is 2.00 bits per heavy atom. The highest BCUT2D eigenvalue weighted by Gasteiger charge is 2.50. The van der Waals surface area contributed by atoms with E-state index in [1.807, 2.05) is 4.90 Å². The summed E-state index contributed by atoms with van der Waals surface area (Å²) in [5.74, 6) is 0.866. The minimum absolute atomic E-state index is 0.0837. The molecule has 3 aliphatic rings. The van der Waals surface area contributed by atoms with Crippen molar-refractivity contribution in [1.29, 1.82) is 0 Å². The molecule has 1 atom stereocenters. The van der Waals surface area contributed by atoms with Crippen LogP contribution >= 0.6 is 0 Å². The molecular weight excluding hydrogens is 318 g/mol. The number of pyridine rings is 1. The molecule has 25 heavy (non-hydrogen) atoms. The fraction of sp³-hybridized carbons (Fsp3) is 0.632. The number of piperidine rings is 1. The Balaban J connectivity index is 1.49. The van der Waals surface area contributed by atoms with Crippen molar-refractivity contribution < 1.29 is 9.59 Å². The number of amides is 2. The zero-order valence-corrected chi connectivity index (χ0v) is 14.7. The van der Waals surface area contributed by atoms with Crippen LogP contribution in [-0.2, 0) is 11.8 Å². The molecule has 1 aromatic rings. The number of hydrogen-bond donors (Lipinski definition) is 0. The second-order valence-electron chi connectivity index (χ2n) is 7.92. The lowest BCUT2D eigenvalue weighted by molar-refractivity contribution is -0.145. The second kappa shape index (κ2) is 6.00. The van der Waals surface area contributed by atoms with E-state index in [1.165, 1.54) is 23.5 Å². The van der Waals surface area contributed by atoms with Gasteiger partial charge < -0.3 is 14.4 Å². The molecule has 0 radical (unpaired) electrons. The summed E-state index contributed by atoms with van der Waals surface area (Å²) in [7, 11) is 1.64. The van der Waals surface area contributed by atoms with E-state index in [9.17, 15) is 14.4 Å². The maximum absolute atomic E-state index is 13.1. The Kier molecular flexibility index (Phi) is 3.93. The van der Waals surface area contributed by atoms with E-state index in [0.29, 0.717) is 24.6 Å². The normalized spacial score (nSPS) is 26.5. The van der Waals surface area contributed by atoms with Crippen molar-refractivity contribution in [3.05, 3.63) is 34.2 Å². The van der Waals surface area contributed by atoms with Crippen molar-refractivity contribution in [2.24, 2.45) is 18.4 Å². The first-order chi connectivity index (χ1) is 12.0. The molecule has 1 spiro atoms. The maximum Gasteiger partial charge on any atom is 0.255 e. The average Bonchev–Trinajstić information content (AvgIpc) is 3.32. The third-order valence-electron chi connectivity index (χ3n) is 5.97. The van der Waals surface area contributed by atoms with E-state index in [1.54, 1.807) is 24.2 Å². The van der Waals surface area contributed by atoms with Gasteiger partial charge in [0.05, 0.1) is 11.0 Å². The van der Waals surface area contributed by atoms with Gasteiger partial charge in [0.15, 0.2) is 0 Å². The van der Waals surface area contributed by atoms with Crippen LogP contribution in [0.5, 0.6) is 0 Å². The van der Waals surface area contributed by atoms with E-state index in [0.717, 1.165) is 32.4 Å². The number of carbonyl (C=O) groups is 2. The summed E-state index contributed by atoms with van der Waals surface area (Å²) in [5.41, 5.74) is -0.00595. The summed E-state index contributed by atoms with van der Waals surface area (Å²) >= 11 is 0. The number of carbonyl (C=O) groups excluding carboxylic acids is 2.